The number of aldehydes is 1. The van der Waals surface area contributed by atoms with E-state index in [4.69, 9.17) is 11.6 Å². The summed E-state index contributed by atoms with van der Waals surface area (Å²) in [6.45, 7) is 2.61. The molecule has 5 heteroatoms. The van der Waals surface area contributed by atoms with Crippen molar-refractivity contribution in [3.63, 3.8) is 0 Å². The Morgan fingerprint density at radius 3 is 2.73 bits per heavy atom. The van der Waals surface area contributed by atoms with Crippen molar-refractivity contribution in [3.05, 3.63) is 15.3 Å². The molecular formula is C6H6BrClN2O. The van der Waals surface area contributed by atoms with Gasteiger partial charge in [-0.1, -0.05) is 11.6 Å². The molecule has 0 N–H and O–H groups in total. The molecule has 11 heavy (non-hydrogen) atoms. The van der Waals surface area contributed by atoms with Crippen molar-refractivity contribution in [2.45, 2.75) is 13.5 Å². The van der Waals surface area contributed by atoms with Gasteiger partial charge in [-0.15, -0.1) is 0 Å². The summed E-state index contributed by atoms with van der Waals surface area (Å²) in [6, 6.07) is 0. The summed E-state index contributed by atoms with van der Waals surface area (Å²) in [5.41, 5.74) is 0.411. The average molecular weight is 237 g/mol. The number of carbonyl (C=O) groups is 1. The van der Waals surface area contributed by atoms with E-state index in [1.54, 1.807) is 4.68 Å². The highest BCUT2D eigenvalue weighted by Gasteiger charge is 2.11. The zero-order valence-electron chi connectivity index (χ0n) is 5.84. The highest BCUT2D eigenvalue weighted by atomic mass is 79.9. The number of hydrogen-bond donors (Lipinski definition) is 0. The van der Waals surface area contributed by atoms with E-state index < -0.39 is 0 Å². The molecule has 0 bridgehead atoms. The molecule has 0 unspecified atom stereocenters. The normalized spacial score (nSPS) is 10.1. The van der Waals surface area contributed by atoms with Gasteiger partial charge in [0.25, 0.3) is 0 Å². The summed E-state index contributed by atoms with van der Waals surface area (Å²) in [5.74, 6) is 0. The van der Waals surface area contributed by atoms with Crippen LogP contribution in [0.5, 0.6) is 0 Å². The summed E-state index contributed by atoms with van der Waals surface area (Å²) in [7, 11) is 0. The number of aryl methyl sites for hydroxylation is 1. The molecule has 0 aliphatic heterocycles. The summed E-state index contributed by atoms with van der Waals surface area (Å²) in [6.07, 6.45) is 0.686. The fourth-order valence-corrected chi connectivity index (χ4v) is 1.69. The molecule has 0 aliphatic carbocycles. The molecule has 1 aromatic heterocycles. The zero-order valence-corrected chi connectivity index (χ0v) is 8.18. The maximum Gasteiger partial charge on any atom is 0.162 e. The molecular weight excluding hydrogens is 231 g/mol. The second-order valence-electron chi connectivity index (χ2n) is 1.93. The summed E-state index contributed by atoms with van der Waals surface area (Å²) in [5, 5.41) is 4.15. The van der Waals surface area contributed by atoms with Gasteiger partial charge in [0, 0.05) is 6.54 Å². The van der Waals surface area contributed by atoms with E-state index >= 15 is 0 Å². The summed E-state index contributed by atoms with van der Waals surface area (Å²) >= 11 is 8.84. The van der Waals surface area contributed by atoms with Crippen LogP contribution in [0.2, 0.25) is 5.15 Å². The van der Waals surface area contributed by atoms with Gasteiger partial charge < -0.3 is 0 Å². The molecule has 0 saturated heterocycles. The number of rotatable bonds is 2. The summed E-state index contributed by atoms with van der Waals surface area (Å²) < 4.78 is 2.26. The first kappa shape index (κ1) is 8.74. The quantitative estimate of drug-likeness (QED) is 0.739. The molecule has 1 rings (SSSR count). The molecule has 0 aromatic carbocycles. The van der Waals surface area contributed by atoms with E-state index in [1.807, 2.05) is 6.92 Å². The minimum absolute atomic E-state index is 0.244. The van der Waals surface area contributed by atoms with Crippen LogP contribution < -0.4 is 0 Å². The Kier molecular flexibility index (Phi) is 2.67. The van der Waals surface area contributed by atoms with Gasteiger partial charge >= 0.3 is 0 Å². The number of aromatic nitrogens is 2. The third-order valence-electron chi connectivity index (χ3n) is 1.30. The van der Waals surface area contributed by atoms with Crippen molar-refractivity contribution >= 4 is 33.8 Å². The maximum atomic E-state index is 10.4. The fraction of sp³-hybridized carbons (Fsp3) is 0.333. The predicted molar refractivity (Wildman–Crippen MR) is 46.0 cm³/mol. The van der Waals surface area contributed by atoms with Gasteiger partial charge in [-0.25, -0.2) is 0 Å². The van der Waals surface area contributed by atoms with E-state index in [2.05, 4.69) is 21.0 Å². The third-order valence-corrected chi connectivity index (χ3v) is 2.41. The molecule has 1 heterocycles. The second-order valence-corrected chi connectivity index (χ2v) is 3.04. The van der Waals surface area contributed by atoms with Crippen LogP contribution in [-0.4, -0.2) is 16.1 Å². The zero-order chi connectivity index (χ0) is 8.43. The number of halogens is 2. The molecule has 0 fully saturated rings. The van der Waals surface area contributed by atoms with Crippen LogP contribution in [0.25, 0.3) is 0 Å². The monoisotopic (exact) mass is 236 g/mol. The third kappa shape index (κ3) is 1.46. The van der Waals surface area contributed by atoms with E-state index in [1.165, 1.54) is 0 Å². The lowest BCUT2D eigenvalue weighted by Gasteiger charge is -1.94. The van der Waals surface area contributed by atoms with E-state index in [-0.39, 0.29) is 5.15 Å². The topological polar surface area (TPSA) is 34.9 Å². The van der Waals surface area contributed by atoms with Gasteiger partial charge in [0.15, 0.2) is 11.4 Å². The van der Waals surface area contributed by atoms with Gasteiger partial charge in [-0.3, -0.25) is 9.48 Å². The van der Waals surface area contributed by atoms with Gasteiger partial charge in [0.05, 0.1) is 5.56 Å². The average Bonchev–Trinajstić information content (AvgIpc) is 2.26. The van der Waals surface area contributed by atoms with Crippen LogP contribution in [0.15, 0.2) is 4.60 Å². The van der Waals surface area contributed by atoms with Gasteiger partial charge in [0.1, 0.15) is 4.60 Å². The van der Waals surface area contributed by atoms with Crippen LogP contribution in [0.3, 0.4) is 0 Å². The van der Waals surface area contributed by atoms with Crippen molar-refractivity contribution in [2.24, 2.45) is 0 Å². The SMILES string of the molecule is CCn1nc(Cl)c(C=O)c1Br. The van der Waals surface area contributed by atoms with Crippen molar-refractivity contribution < 1.29 is 4.79 Å². The standard InChI is InChI=1S/C6H6BrClN2O/c1-2-10-5(7)4(3-11)6(8)9-10/h3H,2H2,1H3. The molecule has 0 saturated carbocycles. The molecule has 0 aliphatic rings. The van der Waals surface area contributed by atoms with Gasteiger partial charge in [-0.2, -0.15) is 5.10 Å². The highest BCUT2D eigenvalue weighted by Crippen LogP contribution is 2.22. The molecule has 0 atom stereocenters. The largest absolute Gasteiger partial charge is 0.298 e. The Labute approximate surface area is 77.5 Å². The lowest BCUT2D eigenvalue weighted by Crippen LogP contribution is -1.95. The van der Waals surface area contributed by atoms with Crippen LogP contribution in [0.4, 0.5) is 0 Å². The first-order valence-corrected chi connectivity index (χ1v) is 4.24. The van der Waals surface area contributed by atoms with E-state index in [9.17, 15) is 4.79 Å². The van der Waals surface area contributed by atoms with E-state index in [0.717, 1.165) is 0 Å². The van der Waals surface area contributed by atoms with Gasteiger partial charge in [-0.05, 0) is 22.9 Å². The Bertz CT molecular complexity index is 284. The van der Waals surface area contributed by atoms with Crippen LogP contribution in [-0.2, 0) is 6.54 Å². The van der Waals surface area contributed by atoms with Crippen molar-refractivity contribution in [3.8, 4) is 0 Å². The molecule has 0 spiro atoms. The van der Waals surface area contributed by atoms with Crippen molar-refractivity contribution in [2.75, 3.05) is 0 Å². The number of hydrogen-bond acceptors (Lipinski definition) is 2. The molecule has 60 valence electrons. The van der Waals surface area contributed by atoms with E-state index in [0.29, 0.717) is 23.0 Å². The number of carbonyl (C=O) groups excluding carboxylic acids is 1. The smallest absolute Gasteiger partial charge is 0.162 e. The first-order chi connectivity index (χ1) is 5.20. The lowest BCUT2D eigenvalue weighted by atomic mass is 10.4. The molecule has 1 aromatic rings. The Hall–Kier alpha value is -0.350. The lowest BCUT2D eigenvalue weighted by molar-refractivity contribution is 0.112. The van der Waals surface area contributed by atoms with Crippen LogP contribution >= 0.6 is 27.5 Å². The van der Waals surface area contributed by atoms with Crippen LogP contribution in [0.1, 0.15) is 17.3 Å². The minimum Gasteiger partial charge on any atom is -0.298 e. The molecule has 0 amide bonds. The minimum atomic E-state index is 0.244. The summed E-state index contributed by atoms with van der Waals surface area (Å²) in [4.78, 5) is 10.4. The van der Waals surface area contributed by atoms with Crippen molar-refractivity contribution in [1.29, 1.82) is 0 Å². The highest BCUT2D eigenvalue weighted by molar-refractivity contribution is 9.10. The van der Waals surface area contributed by atoms with Crippen LogP contribution in [0, 0.1) is 0 Å². The van der Waals surface area contributed by atoms with Crippen molar-refractivity contribution in [1.82, 2.24) is 9.78 Å². The fourth-order valence-electron chi connectivity index (χ4n) is 0.735. The first-order valence-electron chi connectivity index (χ1n) is 3.07. The Morgan fingerprint density at radius 2 is 2.45 bits per heavy atom. The number of nitrogens with zero attached hydrogens (tertiary/aromatic N) is 2. The second kappa shape index (κ2) is 3.36. The Morgan fingerprint density at radius 1 is 1.82 bits per heavy atom. The maximum absolute atomic E-state index is 10.4. The van der Waals surface area contributed by atoms with Gasteiger partial charge in [0.2, 0.25) is 0 Å². The molecule has 3 nitrogen and oxygen atoms in total. The Balaban J connectivity index is 3.24. The molecule has 0 radical (unpaired) electrons. The predicted octanol–water partition coefficient (Wildman–Crippen LogP) is 2.13.